The van der Waals surface area contributed by atoms with Crippen molar-refractivity contribution in [1.29, 1.82) is 5.26 Å². The highest BCUT2D eigenvalue weighted by Crippen LogP contribution is 2.35. The Labute approximate surface area is 158 Å². The molecule has 2 bridgehead atoms. The summed E-state index contributed by atoms with van der Waals surface area (Å²) in [7, 11) is 0. The third kappa shape index (κ3) is 3.64. The van der Waals surface area contributed by atoms with Crippen LogP contribution in [-0.4, -0.2) is 36.0 Å². The fourth-order valence-corrected chi connectivity index (χ4v) is 4.29. The molecule has 0 saturated carbocycles. The molecule has 5 heteroatoms. The van der Waals surface area contributed by atoms with E-state index >= 15 is 0 Å². The summed E-state index contributed by atoms with van der Waals surface area (Å²) in [6.07, 6.45) is 1.34. The number of fused-ring (bicyclic) bond motifs is 2. The van der Waals surface area contributed by atoms with E-state index in [9.17, 15) is 14.4 Å². The number of ketones is 1. The number of hydrogen-bond donors (Lipinski definition) is 0. The van der Waals surface area contributed by atoms with Gasteiger partial charge in [0, 0.05) is 30.1 Å². The second-order valence-electron chi connectivity index (χ2n) is 7.34. The summed E-state index contributed by atoms with van der Waals surface area (Å²) in [5, 5.41) is 9.27. The number of nitrogens with zero attached hydrogens (tertiary/aromatic N) is 2. The average Bonchev–Trinajstić information content (AvgIpc) is 2.68. The fraction of sp³-hybridized carbons (Fsp3) is 0.364. The molecule has 27 heavy (non-hydrogen) atoms. The molecule has 4 rings (SSSR count). The first kappa shape index (κ1) is 17.8. The van der Waals surface area contributed by atoms with E-state index < -0.39 is 5.82 Å². The number of rotatable bonds is 4. The molecule has 0 spiro atoms. The molecule has 2 unspecified atom stereocenters. The molecule has 4 nitrogen and oxygen atoms in total. The molecule has 2 saturated heterocycles. The van der Waals surface area contributed by atoms with Crippen LogP contribution in [0, 0.1) is 23.1 Å². The third-order valence-corrected chi connectivity index (χ3v) is 5.62. The predicted molar refractivity (Wildman–Crippen MR) is 98.5 cm³/mol. The molecule has 2 heterocycles. The van der Waals surface area contributed by atoms with Crippen molar-refractivity contribution in [2.45, 2.75) is 31.5 Å². The molecule has 0 aliphatic carbocycles. The predicted octanol–water partition coefficient (Wildman–Crippen LogP) is 3.56. The first-order chi connectivity index (χ1) is 13.2. The van der Waals surface area contributed by atoms with Gasteiger partial charge in [-0.1, -0.05) is 30.3 Å². The molecule has 0 N–H and O–H groups in total. The smallest absolute Gasteiger partial charge is 0.167 e. The molecular formula is C22H21FN2O2. The Balaban J connectivity index is 1.54. The Morgan fingerprint density at radius 1 is 1.15 bits per heavy atom. The molecule has 2 atom stereocenters. The number of hydrogen-bond acceptors (Lipinski definition) is 4. The topological polar surface area (TPSA) is 53.3 Å². The van der Waals surface area contributed by atoms with Gasteiger partial charge < -0.3 is 4.74 Å². The van der Waals surface area contributed by atoms with E-state index in [2.05, 4.69) is 17.0 Å². The van der Waals surface area contributed by atoms with Gasteiger partial charge in [0.15, 0.2) is 5.78 Å². The minimum absolute atomic E-state index is 0.123. The molecule has 0 radical (unpaired) electrons. The van der Waals surface area contributed by atoms with Gasteiger partial charge in [-0.2, -0.15) is 5.26 Å². The van der Waals surface area contributed by atoms with Crippen molar-refractivity contribution >= 4 is 5.78 Å². The Bertz CT molecular complexity index is 864. The number of halogens is 1. The normalized spacial score (nSPS) is 25.0. The van der Waals surface area contributed by atoms with Gasteiger partial charge in [0.05, 0.1) is 24.8 Å². The summed E-state index contributed by atoms with van der Waals surface area (Å²) in [4.78, 5) is 15.5. The number of ether oxygens (including phenoxy) is 1. The molecule has 2 aromatic rings. The highest BCUT2D eigenvalue weighted by Gasteiger charge is 2.41. The minimum atomic E-state index is -0.484. The lowest BCUT2D eigenvalue weighted by molar-refractivity contribution is -0.0872. The monoisotopic (exact) mass is 364 g/mol. The molecule has 138 valence electrons. The van der Waals surface area contributed by atoms with Crippen molar-refractivity contribution in [3.05, 3.63) is 71.0 Å². The summed E-state index contributed by atoms with van der Waals surface area (Å²) >= 11 is 0. The van der Waals surface area contributed by atoms with Crippen LogP contribution in [-0.2, 0) is 11.3 Å². The maximum atomic E-state index is 13.7. The minimum Gasteiger partial charge on any atom is -0.378 e. The maximum Gasteiger partial charge on any atom is 0.167 e. The van der Waals surface area contributed by atoms with Crippen LogP contribution in [0.4, 0.5) is 4.39 Å². The largest absolute Gasteiger partial charge is 0.378 e. The van der Waals surface area contributed by atoms with E-state index in [1.54, 1.807) is 0 Å². The summed E-state index contributed by atoms with van der Waals surface area (Å²) in [5.41, 5.74) is 1.70. The maximum absolute atomic E-state index is 13.7. The van der Waals surface area contributed by atoms with E-state index in [1.165, 1.54) is 23.8 Å². The summed E-state index contributed by atoms with van der Waals surface area (Å²) in [6, 6.07) is 16.4. The van der Waals surface area contributed by atoms with E-state index in [0.29, 0.717) is 26.1 Å². The molecule has 2 aliphatic rings. The van der Waals surface area contributed by atoms with Crippen molar-refractivity contribution < 1.29 is 13.9 Å². The Kier molecular flexibility index (Phi) is 5.02. The second kappa shape index (κ2) is 7.59. The second-order valence-corrected chi connectivity index (χ2v) is 7.34. The lowest BCUT2D eigenvalue weighted by Crippen LogP contribution is -2.57. The molecule has 0 aromatic heterocycles. The van der Waals surface area contributed by atoms with Crippen LogP contribution in [0.3, 0.4) is 0 Å². The third-order valence-electron chi connectivity index (χ3n) is 5.62. The van der Waals surface area contributed by atoms with E-state index in [0.717, 1.165) is 6.54 Å². The van der Waals surface area contributed by atoms with Crippen LogP contribution >= 0.6 is 0 Å². The molecular weight excluding hydrogens is 343 g/mol. The van der Waals surface area contributed by atoms with E-state index in [-0.39, 0.29) is 34.9 Å². The van der Waals surface area contributed by atoms with E-state index in [4.69, 9.17) is 4.74 Å². The van der Waals surface area contributed by atoms with Crippen molar-refractivity contribution in [3.8, 4) is 6.07 Å². The van der Waals surface area contributed by atoms with Gasteiger partial charge in [-0.15, -0.1) is 0 Å². The van der Waals surface area contributed by atoms with Gasteiger partial charge in [0.2, 0.25) is 0 Å². The van der Waals surface area contributed by atoms with Crippen molar-refractivity contribution in [1.82, 2.24) is 4.90 Å². The summed E-state index contributed by atoms with van der Waals surface area (Å²) in [6.45, 7) is 2.03. The zero-order valence-electron chi connectivity index (χ0n) is 15.0. The number of carbonyl (C=O) groups excluding carboxylic acids is 1. The van der Waals surface area contributed by atoms with E-state index in [1.807, 2.05) is 24.3 Å². The zero-order chi connectivity index (χ0) is 18.8. The van der Waals surface area contributed by atoms with Gasteiger partial charge in [-0.05, 0) is 36.6 Å². The van der Waals surface area contributed by atoms with Crippen LogP contribution in [0.15, 0.2) is 48.5 Å². The SMILES string of the molecule is N#Cc1ccc(F)cc1C(=O)C1CC2COCC(C1)N2Cc1ccccc1. The van der Waals surface area contributed by atoms with Crippen LogP contribution in [0.2, 0.25) is 0 Å². The summed E-state index contributed by atoms with van der Waals surface area (Å²) in [5.74, 6) is -0.811. The number of morpholine rings is 1. The number of piperidine rings is 1. The first-order valence-electron chi connectivity index (χ1n) is 9.27. The number of nitriles is 1. The number of Topliss-reactive ketones (excluding diaryl/α,β-unsaturated/α-hetero) is 1. The van der Waals surface area contributed by atoms with Crippen LogP contribution in [0.5, 0.6) is 0 Å². The summed E-state index contributed by atoms with van der Waals surface area (Å²) < 4.78 is 19.4. The highest BCUT2D eigenvalue weighted by molar-refractivity contribution is 6.00. The van der Waals surface area contributed by atoms with Gasteiger partial charge in [-0.25, -0.2) is 4.39 Å². The first-order valence-corrected chi connectivity index (χ1v) is 9.27. The Morgan fingerprint density at radius 2 is 1.85 bits per heavy atom. The lowest BCUT2D eigenvalue weighted by atomic mass is 9.79. The quantitative estimate of drug-likeness (QED) is 0.779. The van der Waals surface area contributed by atoms with Crippen molar-refractivity contribution in [3.63, 3.8) is 0 Å². The van der Waals surface area contributed by atoms with Crippen molar-refractivity contribution in [2.75, 3.05) is 13.2 Å². The van der Waals surface area contributed by atoms with Gasteiger partial charge in [0.25, 0.3) is 0 Å². The molecule has 2 aromatic carbocycles. The van der Waals surface area contributed by atoms with Gasteiger partial charge >= 0.3 is 0 Å². The highest BCUT2D eigenvalue weighted by atomic mass is 19.1. The number of carbonyl (C=O) groups is 1. The fourth-order valence-electron chi connectivity index (χ4n) is 4.29. The molecule has 2 aliphatic heterocycles. The average molecular weight is 364 g/mol. The number of benzene rings is 2. The van der Waals surface area contributed by atoms with Gasteiger partial charge in [-0.3, -0.25) is 9.69 Å². The standard InChI is InChI=1S/C22H21FN2O2/c23-18-7-6-16(11-24)21(10-18)22(26)17-8-19-13-27-14-20(9-17)25(19)12-15-4-2-1-3-5-15/h1-7,10,17,19-20H,8-9,12-14H2. The van der Waals surface area contributed by atoms with Crippen LogP contribution in [0.25, 0.3) is 0 Å². The lowest BCUT2D eigenvalue weighted by Gasteiger charge is -2.48. The van der Waals surface area contributed by atoms with Crippen molar-refractivity contribution in [2.24, 2.45) is 5.92 Å². The molecule has 0 amide bonds. The van der Waals surface area contributed by atoms with Crippen LogP contribution < -0.4 is 0 Å². The molecule has 2 fully saturated rings. The Hall–Kier alpha value is -2.55. The Morgan fingerprint density at radius 3 is 2.52 bits per heavy atom. The van der Waals surface area contributed by atoms with Crippen LogP contribution in [0.1, 0.15) is 34.3 Å². The zero-order valence-corrected chi connectivity index (χ0v) is 15.0. The van der Waals surface area contributed by atoms with Gasteiger partial charge in [0.1, 0.15) is 5.82 Å².